The average molecular weight is 641 g/mol. The van der Waals surface area contributed by atoms with Crippen LogP contribution in [0.15, 0.2) is 78.4 Å². The van der Waals surface area contributed by atoms with Gasteiger partial charge in [-0.1, -0.05) is 35.4 Å². The molecule has 3 fully saturated rings. The zero-order chi connectivity index (χ0) is 32.6. The number of fused-ring (bicyclic) bond motifs is 4. The van der Waals surface area contributed by atoms with Crippen molar-refractivity contribution in [3.8, 4) is 5.75 Å². The van der Waals surface area contributed by atoms with E-state index in [-0.39, 0.29) is 46.1 Å². The number of phenolic OH excluding ortho intramolecular Hbond substituents is 1. The van der Waals surface area contributed by atoms with Gasteiger partial charge >= 0.3 is 11.9 Å². The van der Waals surface area contributed by atoms with Crippen molar-refractivity contribution in [2.45, 2.75) is 18.8 Å². The fourth-order valence-corrected chi connectivity index (χ4v) is 7.96. The van der Waals surface area contributed by atoms with Gasteiger partial charge in [0.15, 0.2) is 0 Å². The van der Waals surface area contributed by atoms with Gasteiger partial charge in [-0.3, -0.25) is 29.0 Å². The van der Waals surface area contributed by atoms with Crippen LogP contribution in [-0.2, 0) is 19.2 Å². The second-order valence-electron chi connectivity index (χ2n) is 12.0. The van der Waals surface area contributed by atoms with Crippen LogP contribution in [0.1, 0.15) is 45.0 Å². The first-order valence-electron chi connectivity index (χ1n) is 14.6. The molecule has 11 nitrogen and oxygen atoms in total. The summed E-state index contributed by atoms with van der Waals surface area (Å²) in [6.07, 6.45) is 2.01. The van der Waals surface area contributed by atoms with Crippen LogP contribution >= 0.6 is 11.6 Å². The topological polar surface area (TPSA) is 170 Å². The van der Waals surface area contributed by atoms with E-state index in [1.807, 2.05) is 0 Å². The molecule has 6 atom stereocenters. The van der Waals surface area contributed by atoms with Crippen LogP contribution in [0.5, 0.6) is 5.75 Å². The van der Waals surface area contributed by atoms with Gasteiger partial charge in [0.25, 0.3) is 0 Å². The third-order valence-corrected chi connectivity index (χ3v) is 9.91. The molecule has 0 radical (unpaired) electrons. The van der Waals surface area contributed by atoms with E-state index in [0.717, 1.165) is 9.80 Å². The predicted octanol–water partition coefficient (Wildman–Crippen LogP) is 4.49. The van der Waals surface area contributed by atoms with E-state index in [0.29, 0.717) is 11.1 Å². The molecule has 7 rings (SSSR count). The molecule has 2 aliphatic carbocycles. The van der Waals surface area contributed by atoms with E-state index < -0.39 is 71.1 Å². The summed E-state index contributed by atoms with van der Waals surface area (Å²) in [4.78, 5) is 81.4. The summed E-state index contributed by atoms with van der Waals surface area (Å²) in [6, 6.07) is 15.4. The molecular weight excluding hydrogens is 616 g/mol. The normalized spacial score (nSPS) is 26.8. The molecule has 6 unspecified atom stereocenters. The number of allylic oxidation sites excluding steroid dienone is 2. The van der Waals surface area contributed by atoms with Crippen molar-refractivity contribution in [1.29, 1.82) is 0 Å². The second kappa shape index (κ2) is 10.7. The minimum Gasteiger partial charge on any atom is -0.508 e. The number of hydrogen-bond donors (Lipinski definition) is 3. The quantitative estimate of drug-likeness (QED) is 0.269. The Morgan fingerprint density at radius 2 is 1.26 bits per heavy atom. The maximum atomic E-state index is 14.2. The van der Waals surface area contributed by atoms with Crippen LogP contribution in [0, 0.1) is 29.6 Å². The lowest BCUT2D eigenvalue weighted by Gasteiger charge is -2.44. The molecule has 1 saturated carbocycles. The number of carboxylic acids is 2. The first-order chi connectivity index (χ1) is 22.0. The van der Waals surface area contributed by atoms with E-state index in [9.17, 15) is 44.1 Å². The predicted molar refractivity (Wildman–Crippen MR) is 162 cm³/mol. The average Bonchev–Trinajstić information content (AvgIpc) is 3.44. The first-order valence-corrected chi connectivity index (χ1v) is 15.0. The molecule has 0 aromatic heterocycles. The summed E-state index contributed by atoms with van der Waals surface area (Å²) in [7, 11) is 0. The van der Waals surface area contributed by atoms with Crippen LogP contribution in [0.25, 0.3) is 0 Å². The number of imide groups is 2. The van der Waals surface area contributed by atoms with E-state index in [1.165, 1.54) is 66.7 Å². The first kappa shape index (κ1) is 29.4. The van der Waals surface area contributed by atoms with Crippen molar-refractivity contribution in [2.24, 2.45) is 29.6 Å². The van der Waals surface area contributed by atoms with E-state index in [4.69, 9.17) is 11.6 Å². The largest absolute Gasteiger partial charge is 0.508 e. The van der Waals surface area contributed by atoms with Crippen LogP contribution in [0.2, 0.25) is 5.02 Å². The van der Waals surface area contributed by atoms with Gasteiger partial charge in [-0.2, -0.15) is 0 Å². The summed E-state index contributed by atoms with van der Waals surface area (Å²) in [5.74, 6) is -9.98. The standard InChI is InChI=1S/C34H25ClN2O9/c35-17-7-10-25(38)23(13-17)26-20-8-9-21-27(31(41)36(29(21)39)18-5-1-3-15(11-18)33(43)44)22(20)14-24-28(26)32(42)37(30(24)40)19-6-2-4-16(12-19)34(45)46/h1-8,10-13,21-22,24,26-28,38H,9,14H2,(H,43,44)(H,45,46). The molecule has 3 aromatic rings. The number of phenols is 1. The third kappa shape index (κ3) is 4.33. The van der Waals surface area contributed by atoms with Crippen LogP contribution in [-0.4, -0.2) is 50.9 Å². The molecule has 2 aliphatic heterocycles. The molecule has 2 saturated heterocycles. The molecular formula is C34H25ClN2O9. The van der Waals surface area contributed by atoms with Crippen LogP contribution in [0.4, 0.5) is 11.4 Å². The van der Waals surface area contributed by atoms with Crippen molar-refractivity contribution >= 4 is 58.5 Å². The number of hydrogen-bond acceptors (Lipinski definition) is 7. The van der Waals surface area contributed by atoms with Crippen molar-refractivity contribution < 1.29 is 44.1 Å². The van der Waals surface area contributed by atoms with Gasteiger partial charge < -0.3 is 15.3 Å². The summed E-state index contributed by atoms with van der Waals surface area (Å²) < 4.78 is 0. The second-order valence-corrected chi connectivity index (χ2v) is 12.4. The summed E-state index contributed by atoms with van der Waals surface area (Å²) >= 11 is 6.35. The highest BCUT2D eigenvalue weighted by molar-refractivity contribution is 6.30. The number of carbonyl (C=O) groups excluding carboxylic acids is 4. The Hall–Kier alpha value is -5.29. The van der Waals surface area contributed by atoms with Gasteiger partial charge in [-0.05, 0) is 73.4 Å². The van der Waals surface area contributed by atoms with Gasteiger partial charge in [-0.25, -0.2) is 9.59 Å². The number of carboxylic acid groups (broad SMARTS) is 2. The van der Waals surface area contributed by atoms with Crippen molar-refractivity contribution in [3.05, 3.63) is 100 Å². The Balaban J connectivity index is 1.34. The number of halogens is 1. The van der Waals surface area contributed by atoms with Gasteiger partial charge in [0.1, 0.15) is 5.75 Å². The molecule has 0 bridgehead atoms. The molecule has 2 heterocycles. The molecule has 232 valence electrons. The summed E-state index contributed by atoms with van der Waals surface area (Å²) in [5.41, 5.74) is 0.931. The Morgan fingerprint density at radius 1 is 0.696 bits per heavy atom. The van der Waals surface area contributed by atoms with Crippen molar-refractivity contribution in [1.82, 2.24) is 0 Å². The zero-order valence-corrected chi connectivity index (χ0v) is 24.6. The van der Waals surface area contributed by atoms with E-state index >= 15 is 0 Å². The fraction of sp³-hybridized carbons (Fsp3) is 0.235. The molecule has 4 amide bonds. The minimum atomic E-state index is -1.23. The maximum absolute atomic E-state index is 14.2. The zero-order valence-electron chi connectivity index (χ0n) is 23.9. The Labute approximate surface area is 266 Å². The SMILES string of the molecule is O=C(O)c1cccc(N2C(=O)C3CC=C4C(CC5C(=O)N(c6cccc(C(=O)O)c6)C(=O)C5C4c4cc(Cl)ccc4O)C3C2=O)c1. The maximum Gasteiger partial charge on any atom is 0.335 e. The van der Waals surface area contributed by atoms with Gasteiger partial charge in [0.2, 0.25) is 23.6 Å². The Kier molecular flexibility index (Phi) is 6.82. The number of amides is 4. The Bertz CT molecular complexity index is 1940. The molecule has 12 heteroatoms. The molecule has 46 heavy (non-hydrogen) atoms. The molecule has 4 aliphatic rings. The number of rotatable bonds is 5. The van der Waals surface area contributed by atoms with Crippen molar-refractivity contribution in [3.63, 3.8) is 0 Å². The summed E-state index contributed by atoms with van der Waals surface area (Å²) in [6.45, 7) is 0. The molecule has 0 spiro atoms. The lowest BCUT2D eigenvalue weighted by molar-refractivity contribution is -0.126. The van der Waals surface area contributed by atoms with Gasteiger partial charge in [-0.15, -0.1) is 0 Å². The number of nitrogens with zero attached hydrogens (tertiary/aromatic N) is 2. The molecule has 3 N–H and O–H groups in total. The number of aromatic hydroxyl groups is 1. The Morgan fingerprint density at radius 3 is 1.85 bits per heavy atom. The highest BCUT2D eigenvalue weighted by atomic mass is 35.5. The highest BCUT2D eigenvalue weighted by Gasteiger charge is 2.62. The van der Waals surface area contributed by atoms with Crippen LogP contribution in [0.3, 0.4) is 0 Å². The lowest BCUT2D eigenvalue weighted by Crippen LogP contribution is -2.43. The molecule has 3 aromatic carbocycles. The van der Waals surface area contributed by atoms with Crippen LogP contribution < -0.4 is 9.80 Å². The monoisotopic (exact) mass is 640 g/mol. The van der Waals surface area contributed by atoms with Crippen molar-refractivity contribution in [2.75, 3.05) is 9.80 Å². The smallest absolute Gasteiger partial charge is 0.335 e. The van der Waals surface area contributed by atoms with Gasteiger partial charge in [0.05, 0.1) is 46.2 Å². The van der Waals surface area contributed by atoms with E-state index in [2.05, 4.69) is 0 Å². The number of carbonyl (C=O) groups is 6. The van der Waals surface area contributed by atoms with E-state index in [1.54, 1.807) is 6.08 Å². The third-order valence-electron chi connectivity index (χ3n) is 9.68. The van der Waals surface area contributed by atoms with Gasteiger partial charge in [0, 0.05) is 16.5 Å². The minimum absolute atomic E-state index is 0.0528. The number of benzene rings is 3. The number of aromatic carboxylic acids is 2. The number of anilines is 2. The fourth-order valence-electron chi connectivity index (χ4n) is 7.78. The lowest BCUT2D eigenvalue weighted by atomic mass is 9.57. The highest BCUT2D eigenvalue weighted by Crippen LogP contribution is 2.59. The summed E-state index contributed by atoms with van der Waals surface area (Å²) in [5, 5.41) is 30.3.